The van der Waals surface area contributed by atoms with Crippen molar-refractivity contribution in [2.24, 2.45) is 0 Å². The van der Waals surface area contributed by atoms with Gasteiger partial charge in [-0.05, 0) is 48.9 Å². The minimum atomic E-state index is -0.0234. The molecular formula is C36H39N3O8. The van der Waals surface area contributed by atoms with E-state index in [-0.39, 0.29) is 18.6 Å². The molecule has 11 nitrogen and oxygen atoms in total. The number of methoxy groups -OCH3 is 5. The van der Waals surface area contributed by atoms with E-state index in [4.69, 9.17) is 37.7 Å². The van der Waals surface area contributed by atoms with Crippen LogP contribution in [0, 0.1) is 0 Å². The van der Waals surface area contributed by atoms with Crippen molar-refractivity contribution in [3.8, 4) is 45.9 Å². The highest BCUT2D eigenvalue weighted by Gasteiger charge is 2.28. The first-order valence-corrected chi connectivity index (χ1v) is 15.4. The number of benzene rings is 4. The molecule has 2 heterocycles. The molecule has 1 aliphatic heterocycles. The summed E-state index contributed by atoms with van der Waals surface area (Å²) < 4.78 is 45.8. The summed E-state index contributed by atoms with van der Waals surface area (Å²) in [7, 11) is 8.05. The van der Waals surface area contributed by atoms with Crippen molar-refractivity contribution in [1.82, 2.24) is 15.5 Å². The molecule has 1 aliphatic rings. The lowest BCUT2D eigenvalue weighted by atomic mass is 9.87. The molecular weight excluding hydrogens is 602 g/mol. The Morgan fingerprint density at radius 2 is 1.47 bits per heavy atom. The maximum atomic E-state index is 6.56. The van der Waals surface area contributed by atoms with E-state index in [0.29, 0.717) is 46.9 Å². The molecule has 5 aromatic rings. The van der Waals surface area contributed by atoms with Gasteiger partial charge in [-0.2, -0.15) is 4.98 Å². The van der Waals surface area contributed by atoms with Crippen LogP contribution in [-0.4, -0.2) is 64.9 Å². The Labute approximate surface area is 273 Å². The molecule has 1 fully saturated rings. The third kappa shape index (κ3) is 6.77. The predicted octanol–water partition coefficient (Wildman–Crippen LogP) is 6.17. The lowest BCUT2D eigenvalue weighted by molar-refractivity contribution is 0.00983. The molecule has 2 unspecified atom stereocenters. The zero-order valence-corrected chi connectivity index (χ0v) is 27.2. The predicted molar refractivity (Wildman–Crippen MR) is 176 cm³/mol. The summed E-state index contributed by atoms with van der Waals surface area (Å²) in [6.45, 7) is 2.19. The van der Waals surface area contributed by atoms with E-state index >= 15 is 0 Å². The van der Waals surface area contributed by atoms with Crippen LogP contribution in [-0.2, 0) is 18.0 Å². The van der Waals surface area contributed by atoms with E-state index in [0.717, 1.165) is 47.3 Å². The summed E-state index contributed by atoms with van der Waals surface area (Å²) in [5, 5.41) is 9.60. The number of rotatable bonds is 13. The van der Waals surface area contributed by atoms with Gasteiger partial charge < -0.3 is 43.0 Å². The monoisotopic (exact) mass is 641 g/mol. The van der Waals surface area contributed by atoms with Crippen LogP contribution < -0.4 is 33.7 Å². The van der Waals surface area contributed by atoms with Crippen molar-refractivity contribution >= 4 is 10.8 Å². The normalized spacial score (nSPS) is 16.1. The number of hydrogen-bond donors (Lipinski definition) is 1. The first-order valence-electron chi connectivity index (χ1n) is 15.4. The molecule has 6 rings (SSSR count). The molecule has 2 atom stereocenters. The smallest absolute Gasteiger partial charge is 0.264 e. The van der Waals surface area contributed by atoms with Crippen LogP contribution >= 0.6 is 0 Å². The SMILES string of the molecule is COc1cc(-c2noc(COc3ccc(C4CCNCC4OCc4cc(OC)c5ccccc5c4OC)cc3)n2)cc(OC)c1OC. The molecule has 246 valence electrons. The highest BCUT2D eigenvalue weighted by molar-refractivity contribution is 5.94. The Morgan fingerprint density at radius 3 is 2.15 bits per heavy atom. The Kier molecular flexibility index (Phi) is 9.94. The van der Waals surface area contributed by atoms with Crippen molar-refractivity contribution in [2.75, 3.05) is 48.6 Å². The maximum absolute atomic E-state index is 6.56. The Morgan fingerprint density at radius 1 is 0.766 bits per heavy atom. The van der Waals surface area contributed by atoms with Gasteiger partial charge >= 0.3 is 0 Å². The highest BCUT2D eigenvalue weighted by atomic mass is 16.5. The topological polar surface area (TPSA) is 116 Å². The Hall–Kier alpha value is -5.00. The van der Waals surface area contributed by atoms with E-state index in [1.807, 2.05) is 42.5 Å². The minimum Gasteiger partial charge on any atom is -0.496 e. The van der Waals surface area contributed by atoms with Crippen LogP contribution in [0.3, 0.4) is 0 Å². The number of fused-ring (bicyclic) bond motifs is 1. The van der Waals surface area contributed by atoms with Gasteiger partial charge in [0.1, 0.15) is 17.2 Å². The van der Waals surface area contributed by atoms with Crippen LogP contribution in [0.5, 0.6) is 34.5 Å². The van der Waals surface area contributed by atoms with Gasteiger partial charge in [0.05, 0.1) is 48.3 Å². The third-order valence-corrected chi connectivity index (χ3v) is 8.40. The van der Waals surface area contributed by atoms with Crippen molar-refractivity contribution in [2.45, 2.75) is 31.7 Å². The van der Waals surface area contributed by atoms with Crippen molar-refractivity contribution in [1.29, 1.82) is 0 Å². The lowest BCUT2D eigenvalue weighted by Crippen LogP contribution is -2.41. The maximum Gasteiger partial charge on any atom is 0.264 e. The van der Waals surface area contributed by atoms with Gasteiger partial charge in [-0.3, -0.25) is 0 Å². The highest BCUT2D eigenvalue weighted by Crippen LogP contribution is 2.41. The molecule has 1 N–H and O–H groups in total. The number of ether oxygens (including phenoxy) is 7. The van der Waals surface area contributed by atoms with E-state index in [9.17, 15) is 0 Å². The number of hydrogen-bond acceptors (Lipinski definition) is 11. The zero-order valence-electron chi connectivity index (χ0n) is 27.2. The van der Waals surface area contributed by atoms with E-state index in [2.05, 4.69) is 27.6 Å². The van der Waals surface area contributed by atoms with Crippen LogP contribution in [0.15, 0.2) is 71.3 Å². The van der Waals surface area contributed by atoms with Crippen molar-refractivity contribution < 1.29 is 37.7 Å². The molecule has 0 aliphatic carbocycles. The average molecular weight is 642 g/mol. The van der Waals surface area contributed by atoms with E-state index in [1.54, 1.807) is 47.7 Å². The second kappa shape index (κ2) is 14.6. The molecule has 47 heavy (non-hydrogen) atoms. The molecule has 11 heteroatoms. The van der Waals surface area contributed by atoms with Crippen molar-refractivity contribution in [3.63, 3.8) is 0 Å². The third-order valence-electron chi connectivity index (χ3n) is 8.40. The average Bonchev–Trinajstić information content (AvgIpc) is 3.61. The Bertz CT molecular complexity index is 1780. The molecule has 0 spiro atoms. The summed E-state index contributed by atoms with van der Waals surface area (Å²) >= 11 is 0. The molecule has 0 bridgehead atoms. The molecule has 0 saturated carbocycles. The number of nitrogens with zero attached hydrogens (tertiary/aromatic N) is 2. The lowest BCUT2D eigenvalue weighted by Gasteiger charge is -2.33. The molecule has 1 saturated heterocycles. The van der Waals surface area contributed by atoms with Gasteiger partial charge in [0.2, 0.25) is 11.6 Å². The minimum absolute atomic E-state index is 0.0234. The zero-order chi connectivity index (χ0) is 32.8. The number of piperidine rings is 1. The summed E-state index contributed by atoms with van der Waals surface area (Å²) in [6, 6.07) is 21.7. The quantitative estimate of drug-likeness (QED) is 0.159. The van der Waals surface area contributed by atoms with Gasteiger partial charge in [0, 0.05) is 34.4 Å². The second-order valence-corrected chi connectivity index (χ2v) is 11.0. The summed E-state index contributed by atoms with van der Waals surface area (Å²) in [6.07, 6.45) is 0.930. The number of aromatic nitrogens is 2. The van der Waals surface area contributed by atoms with Crippen LogP contribution in [0.4, 0.5) is 0 Å². The molecule has 0 amide bonds. The summed E-state index contributed by atoms with van der Waals surface area (Å²) in [4.78, 5) is 4.49. The fourth-order valence-corrected chi connectivity index (χ4v) is 6.07. The molecule has 4 aromatic carbocycles. The van der Waals surface area contributed by atoms with Gasteiger partial charge in [-0.1, -0.05) is 41.6 Å². The first kappa shape index (κ1) is 32.0. The van der Waals surface area contributed by atoms with Gasteiger partial charge in [-0.15, -0.1) is 0 Å². The van der Waals surface area contributed by atoms with E-state index in [1.165, 1.54) is 5.56 Å². The molecule has 1 aromatic heterocycles. The van der Waals surface area contributed by atoms with E-state index < -0.39 is 0 Å². The Balaban J connectivity index is 1.11. The van der Waals surface area contributed by atoms with Crippen LogP contribution in [0.25, 0.3) is 22.2 Å². The van der Waals surface area contributed by atoms with Gasteiger partial charge in [0.25, 0.3) is 5.89 Å². The van der Waals surface area contributed by atoms with Crippen LogP contribution in [0.2, 0.25) is 0 Å². The second-order valence-electron chi connectivity index (χ2n) is 11.0. The van der Waals surface area contributed by atoms with Gasteiger partial charge in [0.15, 0.2) is 18.1 Å². The van der Waals surface area contributed by atoms with Crippen molar-refractivity contribution in [3.05, 3.63) is 83.7 Å². The number of nitrogens with one attached hydrogen (secondary N) is 1. The standard InChI is InChI=1S/C36H39N3O8/c1-40-29-18-24(34(43-4)28-9-7-6-8-27(28)29)20-46-32-19-37-15-14-26(32)22-10-12-25(13-11-22)45-21-33-38-36(39-47-33)23-16-30(41-2)35(44-5)31(17-23)42-3/h6-13,16-18,26,32,37H,14-15,19-21H2,1-5H3. The largest absolute Gasteiger partial charge is 0.496 e. The fraction of sp³-hybridized carbons (Fsp3) is 0.333. The summed E-state index contributed by atoms with van der Waals surface area (Å²) in [5.41, 5.74) is 2.80. The van der Waals surface area contributed by atoms with Gasteiger partial charge in [-0.25, -0.2) is 0 Å². The fourth-order valence-electron chi connectivity index (χ4n) is 6.07. The van der Waals surface area contributed by atoms with Crippen LogP contribution in [0.1, 0.15) is 29.4 Å². The first-order chi connectivity index (χ1) is 23.1. The summed E-state index contributed by atoms with van der Waals surface area (Å²) in [5.74, 6) is 4.73. The molecule has 0 radical (unpaired) electrons.